The number of rotatable bonds is 3. The molecule has 0 saturated carbocycles. The van der Waals surface area contributed by atoms with Gasteiger partial charge >= 0.3 is 5.69 Å². The lowest BCUT2D eigenvalue weighted by Gasteiger charge is -2.22. The highest BCUT2D eigenvalue weighted by Gasteiger charge is 2.17. The van der Waals surface area contributed by atoms with Gasteiger partial charge in [-0.3, -0.25) is 4.57 Å². The molecule has 0 spiro atoms. The summed E-state index contributed by atoms with van der Waals surface area (Å²) in [4.78, 5) is 15.2. The summed E-state index contributed by atoms with van der Waals surface area (Å²) in [6.45, 7) is 7.28. The molecule has 0 unspecified atom stereocenters. The van der Waals surface area contributed by atoms with Gasteiger partial charge in [0.2, 0.25) is 0 Å². The van der Waals surface area contributed by atoms with Crippen molar-refractivity contribution >= 4 is 28.4 Å². The number of alkyl halides is 1. The van der Waals surface area contributed by atoms with E-state index in [9.17, 15) is 4.79 Å². The third-order valence-electron chi connectivity index (χ3n) is 2.12. The van der Waals surface area contributed by atoms with Crippen LogP contribution in [0.5, 0.6) is 0 Å². The molecule has 16 heavy (non-hydrogen) atoms. The maximum Gasteiger partial charge on any atom is 0.349 e. The van der Waals surface area contributed by atoms with Crippen LogP contribution in [0.3, 0.4) is 0 Å². The summed E-state index contributed by atoms with van der Waals surface area (Å²) >= 11 is 2.38. The minimum absolute atomic E-state index is 0.268. The Labute approximate surface area is 109 Å². The van der Waals surface area contributed by atoms with Gasteiger partial charge in [0, 0.05) is 16.7 Å². The molecule has 0 fully saturated rings. The van der Waals surface area contributed by atoms with Crippen molar-refractivity contribution in [1.82, 2.24) is 9.55 Å². The molecule has 0 aliphatic carbocycles. The van der Waals surface area contributed by atoms with Gasteiger partial charge < -0.3 is 5.73 Å². The Morgan fingerprint density at radius 2 is 2.19 bits per heavy atom. The number of nitrogens with two attached hydrogens (primary N) is 1. The van der Waals surface area contributed by atoms with E-state index in [0.29, 0.717) is 10.5 Å². The van der Waals surface area contributed by atoms with E-state index < -0.39 is 0 Å². The molecule has 5 heteroatoms. The summed E-state index contributed by atoms with van der Waals surface area (Å²) in [5.74, 6) is 0.280. The molecule has 0 aliphatic heterocycles. The fourth-order valence-electron chi connectivity index (χ4n) is 1.52. The molecular weight excluding hydrogens is 317 g/mol. The lowest BCUT2D eigenvalue weighted by atomic mass is 9.90. The van der Waals surface area contributed by atoms with Crippen LogP contribution in [0, 0.1) is 5.41 Å². The molecule has 2 N–H and O–H groups in total. The van der Waals surface area contributed by atoms with Crippen LogP contribution in [0.1, 0.15) is 27.2 Å². The summed E-state index contributed by atoms with van der Waals surface area (Å²) in [6.07, 6.45) is 2.77. The lowest BCUT2D eigenvalue weighted by molar-refractivity contribution is 0.364. The first kappa shape index (κ1) is 13.5. The monoisotopic (exact) mass is 335 g/mol. The summed E-state index contributed by atoms with van der Waals surface area (Å²) < 4.78 is 2.03. The van der Waals surface area contributed by atoms with Gasteiger partial charge in [0.05, 0.1) is 0 Å². The Hall–Kier alpha value is -0.590. The van der Waals surface area contributed by atoms with Crippen molar-refractivity contribution in [2.75, 3.05) is 5.73 Å². The Kier molecular flexibility index (Phi) is 4.35. The highest BCUT2D eigenvalue weighted by atomic mass is 127. The minimum Gasteiger partial charge on any atom is -0.383 e. The van der Waals surface area contributed by atoms with E-state index in [-0.39, 0.29) is 16.9 Å². The van der Waals surface area contributed by atoms with Crippen LogP contribution >= 0.6 is 22.6 Å². The fraction of sp³-hybridized carbons (Fsp3) is 0.636. The van der Waals surface area contributed by atoms with Crippen molar-refractivity contribution in [2.24, 2.45) is 5.41 Å². The Morgan fingerprint density at radius 1 is 1.56 bits per heavy atom. The van der Waals surface area contributed by atoms with Crippen LogP contribution in [0.4, 0.5) is 5.82 Å². The zero-order valence-electron chi connectivity index (χ0n) is 9.90. The van der Waals surface area contributed by atoms with E-state index in [1.165, 1.54) is 0 Å². The van der Waals surface area contributed by atoms with Gasteiger partial charge in [0.15, 0.2) is 0 Å². The maximum absolute atomic E-state index is 11.5. The molecule has 0 aliphatic rings. The first-order chi connectivity index (χ1) is 7.28. The highest BCUT2D eigenvalue weighted by Crippen LogP contribution is 2.25. The molecule has 4 nitrogen and oxygen atoms in total. The van der Waals surface area contributed by atoms with Crippen molar-refractivity contribution in [3.8, 4) is 0 Å². The van der Waals surface area contributed by atoms with Gasteiger partial charge in [-0.25, -0.2) is 4.79 Å². The molecule has 0 aromatic carbocycles. The molecule has 0 bridgehead atoms. The van der Waals surface area contributed by atoms with E-state index in [2.05, 4.69) is 48.3 Å². The molecule has 0 radical (unpaired) electrons. The smallest absolute Gasteiger partial charge is 0.349 e. The summed E-state index contributed by atoms with van der Waals surface area (Å²) in [5, 5.41) is 0. The van der Waals surface area contributed by atoms with Crippen LogP contribution in [0.15, 0.2) is 17.1 Å². The maximum atomic E-state index is 11.5. The number of aromatic nitrogens is 2. The Bertz CT molecular complexity index is 408. The van der Waals surface area contributed by atoms with Crippen LogP contribution in [0.2, 0.25) is 0 Å². The molecule has 1 atom stereocenters. The zero-order chi connectivity index (χ0) is 12.3. The summed E-state index contributed by atoms with van der Waals surface area (Å²) in [7, 11) is 0. The van der Waals surface area contributed by atoms with Crippen LogP contribution in [0.25, 0.3) is 0 Å². The lowest BCUT2D eigenvalue weighted by Crippen LogP contribution is -2.28. The quantitative estimate of drug-likeness (QED) is 0.679. The summed E-state index contributed by atoms with van der Waals surface area (Å²) in [6, 6.07) is 1.65. The van der Waals surface area contributed by atoms with Crippen molar-refractivity contribution < 1.29 is 0 Å². The first-order valence-corrected chi connectivity index (χ1v) is 6.49. The van der Waals surface area contributed by atoms with Gasteiger partial charge in [-0.1, -0.05) is 43.4 Å². The second-order valence-corrected chi connectivity index (χ2v) is 6.91. The Morgan fingerprint density at radius 3 is 2.69 bits per heavy atom. The molecular formula is C11H18IN3O. The molecule has 0 saturated heterocycles. The van der Waals surface area contributed by atoms with Gasteiger partial charge in [-0.2, -0.15) is 4.98 Å². The molecule has 1 aromatic heterocycles. The number of hydrogen-bond acceptors (Lipinski definition) is 3. The molecule has 1 aromatic rings. The van der Waals surface area contributed by atoms with Gasteiger partial charge in [0.1, 0.15) is 5.82 Å². The van der Waals surface area contributed by atoms with Gasteiger partial charge in [0.25, 0.3) is 0 Å². The largest absolute Gasteiger partial charge is 0.383 e. The van der Waals surface area contributed by atoms with E-state index in [1.807, 2.05) is 0 Å². The predicted molar refractivity (Wildman–Crippen MR) is 74.8 cm³/mol. The van der Waals surface area contributed by atoms with Gasteiger partial charge in [-0.15, -0.1) is 0 Å². The predicted octanol–water partition coefficient (Wildman–Crippen LogP) is 2.07. The number of halogens is 1. The summed E-state index contributed by atoms with van der Waals surface area (Å²) in [5.41, 5.74) is 5.44. The standard InChI is InChI=1S/C11H18IN3O/c1-11(2,3)6-8(12)7-15-5-4-9(13)14-10(15)16/h4-5,8H,6-7H2,1-3H3,(H2,13,14,16)/t8-/m0/s1. The molecule has 0 amide bonds. The SMILES string of the molecule is CC(C)(C)C[C@H](I)Cn1ccc(N)nc1=O. The number of hydrogen-bond donors (Lipinski definition) is 1. The van der Waals surface area contributed by atoms with Crippen LogP contribution in [-0.2, 0) is 6.54 Å². The average Bonchev–Trinajstić information content (AvgIpc) is 2.06. The second kappa shape index (κ2) is 5.16. The van der Waals surface area contributed by atoms with E-state index in [0.717, 1.165) is 6.42 Å². The van der Waals surface area contributed by atoms with Crippen molar-refractivity contribution in [3.63, 3.8) is 0 Å². The van der Waals surface area contributed by atoms with Crippen LogP contribution < -0.4 is 11.4 Å². The topological polar surface area (TPSA) is 60.9 Å². The van der Waals surface area contributed by atoms with E-state index in [4.69, 9.17) is 5.73 Å². The number of nitrogen functional groups attached to an aromatic ring is 1. The highest BCUT2D eigenvalue weighted by molar-refractivity contribution is 14.1. The van der Waals surface area contributed by atoms with Gasteiger partial charge in [-0.05, 0) is 17.9 Å². The third-order valence-corrected chi connectivity index (χ3v) is 2.96. The van der Waals surface area contributed by atoms with E-state index in [1.54, 1.807) is 16.8 Å². The fourth-order valence-corrected chi connectivity index (χ4v) is 3.27. The normalized spacial score (nSPS) is 13.8. The second-order valence-electron chi connectivity index (χ2n) is 5.15. The van der Waals surface area contributed by atoms with Crippen molar-refractivity contribution in [3.05, 3.63) is 22.7 Å². The molecule has 90 valence electrons. The first-order valence-electron chi connectivity index (χ1n) is 5.25. The van der Waals surface area contributed by atoms with E-state index >= 15 is 0 Å². The van der Waals surface area contributed by atoms with Crippen LogP contribution in [-0.4, -0.2) is 13.5 Å². The third kappa shape index (κ3) is 4.51. The molecule has 1 heterocycles. The number of nitrogens with zero attached hydrogens (tertiary/aromatic N) is 2. The number of anilines is 1. The average molecular weight is 335 g/mol. The van der Waals surface area contributed by atoms with Crippen molar-refractivity contribution in [1.29, 1.82) is 0 Å². The zero-order valence-corrected chi connectivity index (χ0v) is 12.1. The minimum atomic E-state index is -0.268. The van der Waals surface area contributed by atoms with Crippen molar-refractivity contribution in [2.45, 2.75) is 37.7 Å². The Balaban J connectivity index is 2.70. The molecule has 1 rings (SSSR count).